The number of nitrogens with one attached hydrogen (secondary N) is 2. The highest BCUT2D eigenvalue weighted by atomic mass is 16.2. The fraction of sp³-hybridized carbons (Fsp3) is 0.250. The van der Waals surface area contributed by atoms with Crippen LogP contribution in [0.1, 0.15) is 26.5 Å². The largest absolute Gasteiger partial charge is 0.321 e. The number of hydrogen-bond acceptors (Lipinski definition) is 4. The van der Waals surface area contributed by atoms with Gasteiger partial charge in [0.1, 0.15) is 0 Å². The lowest BCUT2D eigenvalue weighted by Gasteiger charge is -2.13. The van der Waals surface area contributed by atoms with Gasteiger partial charge in [0.05, 0.1) is 5.69 Å². The third-order valence-electron chi connectivity index (χ3n) is 3.43. The molecule has 1 amide bonds. The van der Waals surface area contributed by atoms with Crippen molar-refractivity contribution >= 4 is 23.5 Å². The number of rotatable bonds is 3. The minimum Gasteiger partial charge on any atom is -0.321 e. The quantitative estimate of drug-likeness (QED) is 0.572. The minimum atomic E-state index is -0.677. The van der Waals surface area contributed by atoms with Crippen molar-refractivity contribution in [3.8, 4) is 11.4 Å². The summed E-state index contributed by atoms with van der Waals surface area (Å²) in [7, 11) is 0. The molecule has 0 saturated carbocycles. The summed E-state index contributed by atoms with van der Waals surface area (Å²) in [6.07, 6.45) is 0.238. The van der Waals surface area contributed by atoms with Crippen LogP contribution in [-0.4, -0.2) is 32.0 Å². The monoisotopic (exact) mass is 311 g/mol. The lowest BCUT2D eigenvalue weighted by molar-refractivity contribution is -0.127. The van der Waals surface area contributed by atoms with Crippen molar-refractivity contribution in [2.45, 2.75) is 26.2 Å². The Morgan fingerprint density at radius 3 is 2.48 bits per heavy atom. The zero-order valence-electron chi connectivity index (χ0n) is 13.1. The first kappa shape index (κ1) is 15.0. The summed E-state index contributed by atoms with van der Waals surface area (Å²) < 4.78 is 1.58. The number of aromatic nitrogens is 4. The number of nitrogens with zero attached hydrogens (tertiary/aromatic N) is 3. The summed E-state index contributed by atoms with van der Waals surface area (Å²) in [6.45, 7) is 6.30. The molecule has 0 bridgehead atoms. The van der Waals surface area contributed by atoms with Crippen LogP contribution in [0.4, 0.5) is 5.69 Å². The Morgan fingerprint density at radius 1 is 1.22 bits per heavy atom. The van der Waals surface area contributed by atoms with Crippen LogP contribution in [0, 0.1) is 0 Å². The van der Waals surface area contributed by atoms with Gasteiger partial charge in [0.25, 0.3) is 5.91 Å². The number of amides is 1. The number of benzene rings is 1. The second-order valence-electron chi connectivity index (χ2n) is 6.31. The van der Waals surface area contributed by atoms with Crippen molar-refractivity contribution in [3.63, 3.8) is 0 Å². The van der Waals surface area contributed by atoms with E-state index in [1.165, 1.54) is 0 Å². The third kappa shape index (κ3) is 2.98. The van der Waals surface area contributed by atoms with Gasteiger partial charge in [-0.05, 0) is 24.3 Å². The first-order valence-electron chi connectivity index (χ1n) is 7.20. The molecular weight excluding hydrogens is 294 g/mol. The van der Waals surface area contributed by atoms with Crippen LogP contribution in [0.5, 0.6) is 0 Å². The molecule has 0 aliphatic heterocycles. The highest BCUT2D eigenvalue weighted by Crippen LogP contribution is 2.23. The predicted octanol–water partition coefficient (Wildman–Crippen LogP) is 2.16. The van der Waals surface area contributed by atoms with E-state index in [1.54, 1.807) is 16.8 Å². The molecule has 3 rings (SSSR count). The molecule has 0 spiro atoms. The van der Waals surface area contributed by atoms with Crippen molar-refractivity contribution < 1.29 is 9.59 Å². The SMILES string of the molecule is CC(C)(C)c1cc2[nH]c(-c3ccc(NC(=O)C=O)cc3)nn2n1. The van der Waals surface area contributed by atoms with E-state index >= 15 is 0 Å². The number of fused-ring (bicyclic) bond motifs is 1. The summed E-state index contributed by atoms with van der Waals surface area (Å²) in [4.78, 5) is 24.6. The van der Waals surface area contributed by atoms with E-state index in [9.17, 15) is 9.59 Å². The van der Waals surface area contributed by atoms with Crippen molar-refractivity contribution in [1.29, 1.82) is 0 Å². The van der Waals surface area contributed by atoms with Gasteiger partial charge in [0.15, 0.2) is 11.5 Å². The number of anilines is 1. The van der Waals surface area contributed by atoms with E-state index in [4.69, 9.17) is 0 Å². The highest BCUT2D eigenvalue weighted by Gasteiger charge is 2.19. The van der Waals surface area contributed by atoms with Gasteiger partial charge in [-0.25, -0.2) is 0 Å². The molecule has 1 aromatic carbocycles. The molecule has 2 aromatic heterocycles. The maximum Gasteiger partial charge on any atom is 0.288 e. The van der Waals surface area contributed by atoms with E-state index in [0.29, 0.717) is 11.5 Å². The maximum absolute atomic E-state index is 11.0. The number of carbonyl (C=O) groups excluding carboxylic acids is 2. The maximum atomic E-state index is 11.0. The Balaban J connectivity index is 1.87. The van der Waals surface area contributed by atoms with Gasteiger partial charge in [0.2, 0.25) is 6.29 Å². The van der Waals surface area contributed by atoms with Gasteiger partial charge >= 0.3 is 0 Å². The fourth-order valence-electron chi connectivity index (χ4n) is 2.15. The molecular formula is C16H17N5O2. The molecule has 0 aliphatic rings. The zero-order valence-corrected chi connectivity index (χ0v) is 13.1. The van der Waals surface area contributed by atoms with E-state index in [1.807, 2.05) is 18.2 Å². The Hall–Kier alpha value is -2.96. The molecule has 23 heavy (non-hydrogen) atoms. The third-order valence-corrected chi connectivity index (χ3v) is 3.43. The molecule has 2 N–H and O–H groups in total. The van der Waals surface area contributed by atoms with Crippen LogP contribution < -0.4 is 5.32 Å². The van der Waals surface area contributed by atoms with Gasteiger partial charge in [0, 0.05) is 22.7 Å². The van der Waals surface area contributed by atoms with Crippen LogP contribution in [0.15, 0.2) is 30.3 Å². The molecule has 0 atom stereocenters. The van der Waals surface area contributed by atoms with Crippen molar-refractivity contribution in [3.05, 3.63) is 36.0 Å². The Bertz CT molecular complexity index is 837. The first-order chi connectivity index (χ1) is 10.9. The number of hydrogen-bond donors (Lipinski definition) is 2. The summed E-state index contributed by atoms with van der Waals surface area (Å²) in [5.74, 6) is 0.00477. The van der Waals surface area contributed by atoms with Crippen LogP contribution >= 0.6 is 0 Å². The smallest absolute Gasteiger partial charge is 0.288 e. The highest BCUT2D eigenvalue weighted by molar-refractivity contribution is 6.29. The standard InChI is InChI=1S/C16H17N5O2/c1-16(2,3)12-8-13-18-15(20-21(13)19-12)10-4-6-11(7-5-10)17-14(23)9-22/h4-9H,1-3H3,(H,17,23)(H,18,20). The van der Waals surface area contributed by atoms with Crippen molar-refractivity contribution in [2.24, 2.45) is 0 Å². The normalized spacial score (nSPS) is 11.6. The van der Waals surface area contributed by atoms with Crippen LogP contribution in [-0.2, 0) is 15.0 Å². The second kappa shape index (κ2) is 5.35. The van der Waals surface area contributed by atoms with Gasteiger partial charge in [-0.15, -0.1) is 9.73 Å². The van der Waals surface area contributed by atoms with E-state index in [-0.39, 0.29) is 11.7 Å². The summed E-state index contributed by atoms with van der Waals surface area (Å²) in [6, 6.07) is 9.02. The average molecular weight is 311 g/mol. The molecule has 0 saturated heterocycles. The lowest BCUT2D eigenvalue weighted by atomic mass is 9.93. The topological polar surface area (TPSA) is 92.1 Å². The van der Waals surface area contributed by atoms with E-state index < -0.39 is 5.91 Å². The molecule has 0 radical (unpaired) electrons. The number of carbonyl (C=O) groups is 2. The summed E-state index contributed by atoms with van der Waals surface area (Å²) in [5.41, 5.74) is 3.17. The number of aldehydes is 1. The van der Waals surface area contributed by atoms with Gasteiger partial charge in [-0.1, -0.05) is 20.8 Å². The minimum absolute atomic E-state index is 0.0346. The summed E-state index contributed by atoms with van der Waals surface area (Å²) in [5, 5.41) is 11.4. The molecule has 7 heteroatoms. The molecule has 0 fully saturated rings. The van der Waals surface area contributed by atoms with E-state index in [2.05, 4.69) is 41.3 Å². The lowest BCUT2D eigenvalue weighted by Crippen LogP contribution is -2.12. The predicted molar refractivity (Wildman–Crippen MR) is 86.2 cm³/mol. The number of aromatic amines is 1. The second-order valence-corrected chi connectivity index (χ2v) is 6.31. The van der Waals surface area contributed by atoms with Crippen LogP contribution in [0.25, 0.3) is 17.0 Å². The van der Waals surface area contributed by atoms with Crippen LogP contribution in [0.2, 0.25) is 0 Å². The molecule has 2 heterocycles. The molecule has 3 aromatic rings. The summed E-state index contributed by atoms with van der Waals surface area (Å²) >= 11 is 0. The molecule has 0 unspecified atom stereocenters. The van der Waals surface area contributed by atoms with Gasteiger partial charge < -0.3 is 10.3 Å². The first-order valence-corrected chi connectivity index (χ1v) is 7.20. The Labute approximate surface area is 132 Å². The zero-order chi connectivity index (χ0) is 16.6. The fourth-order valence-corrected chi connectivity index (χ4v) is 2.15. The molecule has 7 nitrogen and oxygen atoms in total. The van der Waals surface area contributed by atoms with Crippen molar-refractivity contribution in [1.82, 2.24) is 19.8 Å². The Morgan fingerprint density at radius 2 is 1.91 bits per heavy atom. The average Bonchev–Trinajstić information content (AvgIpc) is 3.06. The number of H-pyrrole nitrogens is 1. The van der Waals surface area contributed by atoms with Crippen LogP contribution in [0.3, 0.4) is 0 Å². The van der Waals surface area contributed by atoms with Crippen molar-refractivity contribution in [2.75, 3.05) is 5.32 Å². The molecule has 0 aliphatic carbocycles. The van der Waals surface area contributed by atoms with Gasteiger partial charge in [-0.2, -0.15) is 5.10 Å². The van der Waals surface area contributed by atoms with E-state index in [0.717, 1.165) is 16.9 Å². The van der Waals surface area contributed by atoms with Gasteiger partial charge in [-0.3, -0.25) is 9.59 Å². The Kier molecular flexibility index (Phi) is 3.48. The molecule has 118 valence electrons.